The Morgan fingerprint density at radius 1 is 1.12 bits per heavy atom. The molecule has 0 saturated carbocycles. The standard InChI is InChI=1S/C26H28N4O3/c1-16-21(17(2)28-22(16)18(3)31)25(32)30-12-10-26(11-13-30)23-20(9-14-33-26)15-27-24(29-23)19-7-5-4-6-8-19/h4-8,15,28H,9-14H2,1-3H3. The highest BCUT2D eigenvalue weighted by molar-refractivity contribution is 6.02. The second-order valence-electron chi connectivity index (χ2n) is 9.00. The van der Waals surface area contributed by atoms with Crippen molar-refractivity contribution in [2.45, 2.75) is 45.6 Å². The van der Waals surface area contributed by atoms with Gasteiger partial charge in [0.05, 0.1) is 23.6 Å². The molecule has 7 heteroatoms. The molecule has 7 nitrogen and oxygen atoms in total. The Labute approximate surface area is 193 Å². The summed E-state index contributed by atoms with van der Waals surface area (Å²) in [4.78, 5) is 39.8. The SMILES string of the molecule is CC(=O)c1[nH]c(C)c(C(=O)N2CCC3(CC2)OCCc2cnc(-c4ccccc4)nc23)c1C. The zero-order valence-corrected chi connectivity index (χ0v) is 19.3. The lowest BCUT2D eigenvalue weighted by Gasteiger charge is -2.44. The van der Waals surface area contributed by atoms with E-state index in [1.54, 1.807) is 0 Å². The third kappa shape index (κ3) is 3.66. The highest BCUT2D eigenvalue weighted by atomic mass is 16.5. The van der Waals surface area contributed by atoms with Gasteiger partial charge in [-0.15, -0.1) is 0 Å². The van der Waals surface area contributed by atoms with Gasteiger partial charge in [-0.25, -0.2) is 9.97 Å². The van der Waals surface area contributed by atoms with Gasteiger partial charge in [-0.3, -0.25) is 9.59 Å². The lowest BCUT2D eigenvalue weighted by atomic mass is 9.83. The fourth-order valence-electron chi connectivity index (χ4n) is 5.17. The number of amides is 1. The Hall–Kier alpha value is -3.32. The summed E-state index contributed by atoms with van der Waals surface area (Å²) < 4.78 is 6.36. The maximum atomic E-state index is 13.4. The van der Waals surface area contributed by atoms with E-state index in [4.69, 9.17) is 9.72 Å². The number of Topliss-reactive ketones (excluding diaryl/α,β-unsaturated/α-hetero) is 1. The van der Waals surface area contributed by atoms with Crippen molar-refractivity contribution in [1.82, 2.24) is 19.9 Å². The molecule has 33 heavy (non-hydrogen) atoms. The lowest BCUT2D eigenvalue weighted by Crippen LogP contribution is -2.49. The summed E-state index contributed by atoms with van der Waals surface area (Å²) in [5.74, 6) is 0.605. The monoisotopic (exact) mass is 444 g/mol. The molecule has 1 N–H and O–H groups in total. The fourth-order valence-corrected chi connectivity index (χ4v) is 5.17. The van der Waals surface area contributed by atoms with Gasteiger partial charge in [0.2, 0.25) is 0 Å². The number of nitrogens with zero attached hydrogens (tertiary/aromatic N) is 3. The van der Waals surface area contributed by atoms with Crippen LogP contribution in [0.15, 0.2) is 36.5 Å². The minimum absolute atomic E-state index is 0.0349. The van der Waals surface area contributed by atoms with E-state index in [-0.39, 0.29) is 11.7 Å². The molecule has 0 aliphatic carbocycles. The summed E-state index contributed by atoms with van der Waals surface area (Å²) in [6.45, 7) is 6.97. The van der Waals surface area contributed by atoms with Crippen LogP contribution in [0.5, 0.6) is 0 Å². The molecule has 170 valence electrons. The van der Waals surface area contributed by atoms with Crippen molar-refractivity contribution in [3.63, 3.8) is 0 Å². The smallest absolute Gasteiger partial charge is 0.255 e. The van der Waals surface area contributed by atoms with Crippen molar-refractivity contribution in [2.75, 3.05) is 19.7 Å². The molecule has 2 aliphatic heterocycles. The Balaban J connectivity index is 1.41. The quantitative estimate of drug-likeness (QED) is 0.617. The summed E-state index contributed by atoms with van der Waals surface area (Å²) in [6, 6.07) is 9.97. The zero-order chi connectivity index (χ0) is 23.2. The Morgan fingerprint density at radius 3 is 2.52 bits per heavy atom. The second-order valence-corrected chi connectivity index (χ2v) is 9.00. The van der Waals surface area contributed by atoms with E-state index in [9.17, 15) is 9.59 Å². The number of rotatable bonds is 3. The van der Waals surface area contributed by atoms with Gasteiger partial charge in [0.25, 0.3) is 5.91 Å². The van der Waals surface area contributed by atoms with Crippen LogP contribution in [-0.4, -0.2) is 51.2 Å². The molecule has 1 aromatic carbocycles. The fraction of sp³-hybridized carbons (Fsp3) is 0.385. The minimum Gasteiger partial charge on any atom is -0.368 e. The molecule has 1 amide bonds. The average molecular weight is 445 g/mol. The Morgan fingerprint density at radius 2 is 1.85 bits per heavy atom. The normalized spacial score (nSPS) is 17.1. The summed E-state index contributed by atoms with van der Waals surface area (Å²) in [5.41, 5.74) is 5.16. The number of nitrogens with one attached hydrogen (secondary N) is 1. The first-order chi connectivity index (χ1) is 15.9. The number of hydrogen-bond donors (Lipinski definition) is 1. The van der Waals surface area contributed by atoms with Crippen molar-refractivity contribution in [1.29, 1.82) is 0 Å². The second kappa shape index (κ2) is 8.23. The third-order valence-electron chi connectivity index (χ3n) is 6.94. The predicted octanol–water partition coefficient (Wildman–Crippen LogP) is 4.00. The molecule has 1 fully saturated rings. The molecule has 0 unspecified atom stereocenters. The van der Waals surface area contributed by atoms with Gasteiger partial charge in [0.1, 0.15) is 5.60 Å². The third-order valence-corrected chi connectivity index (χ3v) is 6.94. The van der Waals surface area contributed by atoms with Crippen molar-refractivity contribution in [3.05, 3.63) is 70.3 Å². The molecule has 2 aromatic heterocycles. The van der Waals surface area contributed by atoms with Gasteiger partial charge in [0, 0.05) is 37.5 Å². The maximum Gasteiger partial charge on any atom is 0.255 e. The Bertz CT molecular complexity index is 1220. The number of ether oxygens (including phenoxy) is 1. The van der Waals surface area contributed by atoms with E-state index in [2.05, 4.69) is 9.97 Å². The molecule has 3 aromatic rings. The van der Waals surface area contributed by atoms with Crippen LogP contribution >= 0.6 is 0 Å². The first-order valence-corrected chi connectivity index (χ1v) is 11.4. The number of benzene rings is 1. The zero-order valence-electron chi connectivity index (χ0n) is 19.3. The van der Waals surface area contributed by atoms with Gasteiger partial charge < -0.3 is 14.6 Å². The number of fused-ring (bicyclic) bond motifs is 2. The maximum absolute atomic E-state index is 13.4. The average Bonchev–Trinajstić information content (AvgIpc) is 3.14. The Kier molecular flexibility index (Phi) is 5.37. The largest absolute Gasteiger partial charge is 0.368 e. The molecular formula is C26H28N4O3. The summed E-state index contributed by atoms with van der Waals surface area (Å²) >= 11 is 0. The summed E-state index contributed by atoms with van der Waals surface area (Å²) in [7, 11) is 0. The van der Waals surface area contributed by atoms with Crippen LogP contribution in [0.2, 0.25) is 0 Å². The molecule has 5 rings (SSSR count). The van der Waals surface area contributed by atoms with Crippen LogP contribution in [0, 0.1) is 13.8 Å². The van der Waals surface area contributed by atoms with Crippen LogP contribution in [0.25, 0.3) is 11.4 Å². The van der Waals surface area contributed by atoms with E-state index in [0.717, 1.165) is 34.5 Å². The number of H-pyrrole nitrogens is 1. The highest BCUT2D eigenvalue weighted by Crippen LogP contribution is 2.41. The minimum atomic E-state index is -0.496. The number of likely N-dealkylation sites (tertiary alicyclic amines) is 1. The molecular weight excluding hydrogens is 416 g/mol. The molecule has 0 bridgehead atoms. The molecule has 1 spiro atoms. The summed E-state index contributed by atoms with van der Waals surface area (Å²) in [6.07, 6.45) is 4.09. The number of ketones is 1. The van der Waals surface area contributed by atoms with Crippen LogP contribution in [0.1, 0.15) is 63.1 Å². The van der Waals surface area contributed by atoms with Crippen molar-refractivity contribution < 1.29 is 14.3 Å². The van der Waals surface area contributed by atoms with E-state index in [0.29, 0.717) is 49.6 Å². The number of aryl methyl sites for hydroxylation is 1. The number of piperidine rings is 1. The molecule has 0 atom stereocenters. The van der Waals surface area contributed by atoms with Gasteiger partial charge >= 0.3 is 0 Å². The molecule has 1 saturated heterocycles. The van der Waals surface area contributed by atoms with Gasteiger partial charge in [0.15, 0.2) is 11.6 Å². The predicted molar refractivity (Wildman–Crippen MR) is 124 cm³/mol. The van der Waals surface area contributed by atoms with Crippen molar-refractivity contribution in [3.8, 4) is 11.4 Å². The first-order valence-electron chi connectivity index (χ1n) is 11.4. The van der Waals surface area contributed by atoms with Crippen LogP contribution in [-0.2, 0) is 16.8 Å². The van der Waals surface area contributed by atoms with Crippen LogP contribution < -0.4 is 0 Å². The van der Waals surface area contributed by atoms with Gasteiger partial charge in [-0.05, 0) is 44.2 Å². The van der Waals surface area contributed by atoms with E-state index < -0.39 is 5.60 Å². The number of hydrogen-bond acceptors (Lipinski definition) is 5. The van der Waals surface area contributed by atoms with Crippen molar-refractivity contribution >= 4 is 11.7 Å². The van der Waals surface area contributed by atoms with E-state index in [1.165, 1.54) is 6.92 Å². The van der Waals surface area contributed by atoms with Crippen LogP contribution in [0.4, 0.5) is 0 Å². The molecule has 2 aliphatic rings. The number of aromatic amines is 1. The van der Waals surface area contributed by atoms with Crippen molar-refractivity contribution in [2.24, 2.45) is 0 Å². The number of carbonyl (C=O) groups is 2. The highest BCUT2D eigenvalue weighted by Gasteiger charge is 2.44. The van der Waals surface area contributed by atoms with Gasteiger partial charge in [-0.2, -0.15) is 0 Å². The number of carbonyl (C=O) groups excluding carboxylic acids is 2. The first kappa shape index (κ1) is 21.5. The lowest BCUT2D eigenvalue weighted by molar-refractivity contribution is -0.0967. The van der Waals surface area contributed by atoms with Gasteiger partial charge in [-0.1, -0.05) is 30.3 Å². The van der Waals surface area contributed by atoms with E-state index >= 15 is 0 Å². The molecule has 0 radical (unpaired) electrons. The van der Waals surface area contributed by atoms with Crippen LogP contribution in [0.3, 0.4) is 0 Å². The topological polar surface area (TPSA) is 88.2 Å². The molecule has 4 heterocycles. The summed E-state index contributed by atoms with van der Waals surface area (Å²) in [5, 5.41) is 0. The number of aromatic nitrogens is 3. The van der Waals surface area contributed by atoms with E-state index in [1.807, 2.05) is 55.3 Å².